The molecule has 0 saturated heterocycles. The number of hydrogen-bond donors (Lipinski definition) is 2. The van der Waals surface area contributed by atoms with Gasteiger partial charge in [0.1, 0.15) is 0 Å². The van der Waals surface area contributed by atoms with E-state index in [1.165, 1.54) is 36.7 Å². The van der Waals surface area contributed by atoms with E-state index in [4.69, 9.17) is 0 Å². The maximum Gasteiger partial charge on any atom is 0.264 e. The van der Waals surface area contributed by atoms with Gasteiger partial charge in [0.2, 0.25) is 0 Å². The molecular weight excluding hydrogens is 542 g/mol. The van der Waals surface area contributed by atoms with E-state index < -0.39 is 5.92 Å². The Labute approximate surface area is 257 Å². The molecular formula is C37H48F2N2S. The van der Waals surface area contributed by atoms with Gasteiger partial charge in [-0.1, -0.05) is 80.3 Å². The highest BCUT2D eigenvalue weighted by molar-refractivity contribution is 7.98. The van der Waals surface area contributed by atoms with Crippen LogP contribution in [0.3, 0.4) is 0 Å². The lowest BCUT2D eigenvalue weighted by Gasteiger charge is -2.28. The van der Waals surface area contributed by atoms with Crippen LogP contribution in [-0.2, 0) is 0 Å². The van der Waals surface area contributed by atoms with Crippen LogP contribution in [0.4, 0.5) is 20.2 Å². The number of alkyl halides is 2. The molecule has 5 heteroatoms. The standard InChI is InChI=1S/C33H38F2N2.C4H10S/c1-6-11-27(14-10-23-33(5,34)35)28-17-21-30(22-18-28)36-25(4)32(29-12-8-7-9-13-29)37-31-19-15-26(16-20-31)24(2)3;1-3-4-5-2/h6,10-12,14-23,32,36-37H,2,4,7-9,13H2,1,3,5H3;3-4H2,1-2H3/b11-6-,23-10+,27-14+;. The van der Waals surface area contributed by atoms with Crippen molar-refractivity contribution in [2.24, 2.45) is 0 Å². The van der Waals surface area contributed by atoms with Crippen molar-refractivity contribution in [1.82, 2.24) is 0 Å². The van der Waals surface area contributed by atoms with Crippen molar-refractivity contribution in [3.63, 3.8) is 0 Å². The first-order valence-corrected chi connectivity index (χ1v) is 16.1. The smallest absolute Gasteiger partial charge is 0.264 e. The number of anilines is 2. The van der Waals surface area contributed by atoms with Crippen molar-refractivity contribution < 1.29 is 8.78 Å². The van der Waals surface area contributed by atoms with Crippen LogP contribution in [0.1, 0.15) is 70.9 Å². The predicted molar refractivity (Wildman–Crippen MR) is 186 cm³/mol. The van der Waals surface area contributed by atoms with Gasteiger partial charge in [0.15, 0.2) is 0 Å². The normalized spacial score (nSPS) is 14.6. The predicted octanol–water partition coefficient (Wildman–Crippen LogP) is 11.6. The van der Waals surface area contributed by atoms with E-state index >= 15 is 0 Å². The molecule has 2 aromatic rings. The van der Waals surface area contributed by atoms with Gasteiger partial charge < -0.3 is 10.6 Å². The molecule has 1 unspecified atom stereocenters. The van der Waals surface area contributed by atoms with Gasteiger partial charge in [-0.15, -0.1) is 0 Å². The Balaban J connectivity index is 0.00000113. The number of hydrogen-bond acceptors (Lipinski definition) is 3. The quantitative estimate of drug-likeness (QED) is 0.179. The zero-order chi connectivity index (χ0) is 31.0. The molecule has 1 aliphatic carbocycles. The van der Waals surface area contributed by atoms with Crippen molar-refractivity contribution in [3.8, 4) is 0 Å². The summed E-state index contributed by atoms with van der Waals surface area (Å²) in [6, 6.07) is 16.2. The average molecular weight is 591 g/mol. The number of allylic oxidation sites excluding steroid dienone is 8. The largest absolute Gasteiger partial charge is 0.373 e. The summed E-state index contributed by atoms with van der Waals surface area (Å²) in [6.45, 7) is 15.4. The second kappa shape index (κ2) is 18.3. The zero-order valence-corrected chi connectivity index (χ0v) is 26.8. The molecule has 0 radical (unpaired) electrons. The maximum absolute atomic E-state index is 13.2. The maximum atomic E-state index is 13.2. The Morgan fingerprint density at radius 1 is 1.02 bits per heavy atom. The van der Waals surface area contributed by atoms with Crippen LogP contribution in [0, 0.1) is 0 Å². The van der Waals surface area contributed by atoms with Crippen molar-refractivity contribution in [3.05, 3.63) is 121 Å². The first-order valence-electron chi connectivity index (χ1n) is 14.7. The lowest BCUT2D eigenvalue weighted by molar-refractivity contribution is 0.0775. The fraction of sp³-hybridized carbons (Fsp3) is 0.351. The second-order valence-corrected chi connectivity index (χ2v) is 11.6. The topological polar surface area (TPSA) is 24.1 Å². The van der Waals surface area contributed by atoms with Crippen LogP contribution in [-0.4, -0.2) is 24.0 Å². The fourth-order valence-corrected chi connectivity index (χ4v) is 4.91. The molecule has 0 aliphatic heterocycles. The minimum Gasteiger partial charge on any atom is -0.373 e. The van der Waals surface area contributed by atoms with E-state index in [2.05, 4.69) is 67.3 Å². The van der Waals surface area contributed by atoms with Gasteiger partial charge in [0.25, 0.3) is 5.92 Å². The molecule has 0 fully saturated rings. The second-order valence-electron chi connectivity index (χ2n) is 10.6. The highest BCUT2D eigenvalue weighted by Gasteiger charge is 2.20. The van der Waals surface area contributed by atoms with Crippen LogP contribution in [0.5, 0.6) is 0 Å². The summed E-state index contributed by atoms with van der Waals surface area (Å²) in [7, 11) is 0. The molecule has 42 heavy (non-hydrogen) atoms. The summed E-state index contributed by atoms with van der Waals surface area (Å²) in [4.78, 5) is 0. The molecule has 0 spiro atoms. The Morgan fingerprint density at radius 3 is 2.17 bits per heavy atom. The van der Waals surface area contributed by atoms with Crippen LogP contribution < -0.4 is 10.6 Å². The molecule has 2 N–H and O–H groups in total. The molecule has 2 nitrogen and oxygen atoms in total. The molecule has 2 aromatic carbocycles. The summed E-state index contributed by atoms with van der Waals surface area (Å²) in [5.74, 6) is -1.53. The van der Waals surface area contributed by atoms with Gasteiger partial charge in [-0.05, 0) is 111 Å². The molecule has 3 rings (SSSR count). The minimum absolute atomic E-state index is 0.0324. The molecule has 0 aromatic heterocycles. The SMILES string of the molecule is C=C(C)c1ccc(NC(C(=C)Nc2ccc(C(/C=C\C)=C/C=C/C(C)(F)F)cc2)C2=CCCCC2)cc1.CCCSC. The van der Waals surface area contributed by atoms with Crippen molar-refractivity contribution in [1.29, 1.82) is 0 Å². The van der Waals surface area contributed by atoms with Crippen LogP contribution in [0.2, 0.25) is 0 Å². The minimum atomic E-state index is -2.84. The molecule has 226 valence electrons. The van der Waals surface area contributed by atoms with E-state index in [0.717, 1.165) is 65.2 Å². The van der Waals surface area contributed by atoms with Gasteiger partial charge in [-0.2, -0.15) is 11.8 Å². The first-order chi connectivity index (χ1) is 20.1. The number of nitrogens with one attached hydrogen (secondary N) is 2. The van der Waals surface area contributed by atoms with Gasteiger partial charge in [0.05, 0.1) is 6.04 Å². The van der Waals surface area contributed by atoms with Gasteiger partial charge >= 0.3 is 0 Å². The van der Waals surface area contributed by atoms with Gasteiger partial charge in [-0.3, -0.25) is 0 Å². The van der Waals surface area contributed by atoms with Crippen molar-refractivity contribution in [2.75, 3.05) is 22.6 Å². The summed E-state index contributed by atoms with van der Waals surface area (Å²) in [5.41, 5.74) is 8.15. The van der Waals surface area contributed by atoms with E-state index in [1.807, 2.05) is 62.0 Å². The first kappa shape index (κ1) is 34.9. The molecule has 0 bridgehead atoms. The molecule has 0 amide bonds. The van der Waals surface area contributed by atoms with E-state index in [9.17, 15) is 8.78 Å². The van der Waals surface area contributed by atoms with Gasteiger partial charge in [-0.25, -0.2) is 8.78 Å². The molecule has 1 atom stereocenters. The Kier molecular flexibility index (Phi) is 15.2. The third kappa shape index (κ3) is 12.7. The van der Waals surface area contributed by atoms with Crippen LogP contribution >= 0.6 is 11.8 Å². The lowest BCUT2D eigenvalue weighted by Crippen LogP contribution is -2.28. The highest BCUT2D eigenvalue weighted by Crippen LogP contribution is 2.28. The van der Waals surface area contributed by atoms with Crippen molar-refractivity contribution in [2.45, 2.75) is 71.8 Å². The molecule has 0 heterocycles. The number of rotatable bonds is 13. The summed E-state index contributed by atoms with van der Waals surface area (Å²) >= 11 is 1.90. The average Bonchev–Trinajstić information content (AvgIpc) is 2.97. The third-order valence-corrected chi connectivity index (χ3v) is 7.49. The zero-order valence-electron chi connectivity index (χ0n) is 26.0. The third-order valence-electron chi connectivity index (χ3n) is 6.68. The summed E-state index contributed by atoms with van der Waals surface area (Å²) < 4.78 is 26.3. The Bertz CT molecular complexity index is 1240. The summed E-state index contributed by atoms with van der Waals surface area (Å²) in [6.07, 6.45) is 18.1. The number of thioether (sulfide) groups is 1. The van der Waals surface area contributed by atoms with E-state index in [1.54, 1.807) is 6.08 Å². The number of halogens is 2. The Morgan fingerprint density at radius 2 is 1.67 bits per heavy atom. The molecule has 0 saturated carbocycles. The van der Waals surface area contributed by atoms with E-state index in [-0.39, 0.29) is 6.04 Å². The van der Waals surface area contributed by atoms with E-state index in [0.29, 0.717) is 0 Å². The van der Waals surface area contributed by atoms with Crippen LogP contribution in [0.25, 0.3) is 11.1 Å². The Hall–Kier alpha value is -3.31. The number of benzene rings is 2. The van der Waals surface area contributed by atoms with Crippen LogP contribution in [0.15, 0.2) is 109 Å². The highest BCUT2D eigenvalue weighted by atomic mass is 32.2. The van der Waals surface area contributed by atoms with Gasteiger partial charge in [0, 0.05) is 24.0 Å². The monoisotopic (exact) mass is 590 g/mol. The molecule has 1 aliphatic rings. The summed E-state index contributed by atoms with van der Waals surface area (Å²) in [5, 5.41) is 7.16. The lowest BCUT2D eigenvalue weighted by atomic mass is 9.92. The van der Waals surface area contributed by atoms with Crippen molar-refractivity contribution >= 4 is 34.3 Å². The fourth-order valence-electron chi connectivity index (χ4n) is 4.50.